The number of carbonyl (C=O) groups is 1. The summed E-state index contributed by atoms with van der Waals surface area (Å²) in [5.74, 6) is -0.652. The van der Waals surface area contributed by atoms with Crippen LogP contribution in [0.25, 0.3) is 0 Å². The number of rotatable bonds is 2. The van der Waals surface area contributed by atoms with Crippen LogP contribution in [0, 0.1) is 6.92 Å². The minimum absolute atomic E-state index is 0.270. The van der Waals surface area contributed by atoms with Crippen molar-refractivity contribution in [2.45, 2.75) is 6.92 Å². The maximum atomic E-state index is 11.4. The molecule has 0 aliphatic carbocycles. The Hall–Kier alpha value is -1.56. The van der Waals surface area contributed by atoms with E-state index in [9.17, 15) is 13.2 Å². The van der Waals surface area contributed by atoms with Crippen molar-refractivity contribution in [2.24, 2.45) is 0 Å². The van der Waals surface area contributed by atoms with E-state index in [4.69, 9.17) is 5.73 Å². The Kier molecular flexibility index (Phi) is 2.99. The normalized spacial score (nSPS) is 11.1. The van der Waals surface area contributed by atoms with Crippen molar-refractivity contribution in [1.82, 2.24) is 4.72 Å². The smallest absolute Gasteiger partial charge is 0.264 e. The summed E-state index contributed by atoms with van der Waals surface area (Å²) >= 11 is 0. The van der Waals surface area contributed by atoms with Gasteiger partial charge in [-0.15, -0.1) is 0 Å². The second-order valence-corrected chi connectivity index (χ2v) is 5.02. The van der Waals surface area contributed by atoms with Crippen molar-refractivity contribution in [1.29, 1.82) is 0 Å². The summed E-state index contributed by atoms with van der Waals surface area (Å²) in [6, 6.07) is 4.57. The van der Waals surface area contributed by atoms with Crippen LogP contribution in [0.5, 0.6) is 0 Å². The number of hydrogen-bond donors (Lipinski definition) is 2. The predicted octanol–water partition coefficient (Wildman–Crippen LogP) is 0.267. The fraction of sp³-hybridized carbons (Fsp3) is 0.222. The zero-order valence-corrected chi connectivity index (χ0v) is 9.26. The molecule has 0 atom stereocenters. The summed E-state index contributed by atoms with van der Waals surface area (Å²) in [4.78, 5) is 11.4. The third kappa shape index (κ3) is 3.25. The summed E-state index contributed by atoms with van der Waals surface area (Å²) in [5.41, 5.74) is 7.13. The number of amides is 1. The lowest BCUT2D eigenvalue weighted by Gasteiger charge is -2.05. The van der Waals surface area contributed by atoms with E-state index in [1.54, 1.807) is 13.0 Å². The molecule has 5 nitrogen and oxygen atoms in total. The first-order valence-electron chi connectivity index (χ1n) is 4.18. The van der Waals surface area contributed by atoms with Gasteiger partial charge in [-0.05, 0) is 30.7 Å². The Morgan fingerprint density at radius 2 is 2.00 bits per heavy atom. The van der Waals surface area contributed by atoms with Gasteiger partial charge >= 0.3 is 0 Å². The summed E-state index contributed by atoms with van der Waals surface area (Å²) in [5, 5.41) is 0. The van der Waals surface area contributed by atoms with Gasteiger partial charge in [-0.1, -0.05) is 0 Å². The molecule has 0 aliphatic rings. The van der Waals surface area contributed by atoms with Crippen LogP contribution in [0.15, 0.2) is 18.2 Å². The molecule has 0 bridgehead atoms. The highest BCUT2D eigenvalue weighted by molar-refractivity contribution is 7.89. The van der Waals surface area contributed by atoms with E-state index in [2.05, 4.69) is 0 Å². The summed E-state index contributed by atoms with van der Waals surface area (Å²) in [6.07, 6.45) is 0.926. The summed E-state index contributed by atoms with van der Waals surface area (Å²) in [6.45, 7) is 1.74. The number of nitrogens with one attached hydrogen (secondary N) is 1. The van der Waals surface area contributed by atoms with Crippen molar-refractivity contribution < 1.29 is 13.2 Å². The van der Waals surface area contributed by atoms with Gasteiger partial charge in [-0.2, -0.15) is 0 Å². The van der Waals surface area contributed by atoms with E-state index >= 15 is 0 Å². The van der Waals surface area contributed by atoms with E-state index in [0.29, 0.717) is 5.69 Å². The first-order chi connectivity index (χ1) is 6.79. The number of sulfonamides is 1. The van der Waals surface area contributed by atoms with Crippen LogP contribution in [0.2, 0.25) is 0 Å². The third-order valence-electron chi connectivity index (χ3n) is 1.81. The van der Waals surface area contributed by atoms with Crippen molar-refractivity contribution in [3.63, 3.8) is 0 Å². The molecular weight excluding hydrogens is 216 g/mol. The zero-order valence-electron chi connectivity index (χ0n) is 8.44. The topological polar surface area (TPSA) is 89.3 Å². The lowest BCUT2D eigenvalue weighted by Crippen LogP contribution is -2.29. The summed E-state index contributed by atoms with van der Waals surface area (Å²) < 4.78 is 23.5. The van der Waals surface area contributed by atoms with Crippen LogP contribution in [0.1, 0.15) is 15.9 Å². The van der Waals surface area contributed by atoms with Gasteiger partial charge in [0.25, 0.3) is 5.91 Å². The molecule has 0 aliphatic heterocycles. The molecule has 0 heterocycles. The monoisotopic (exact) mass is 228 g/mol. The highest BCUT2D eigenvalue weighted by Crippen LogP contribution is 2.12. The number of benzene rings is 1. The van der Waals surface area contributed by atoms with Crippen molar-refractivity contribution in [2.75, 3.05) is 12.0 Å². The van der Waals surface area contributed by atoms with Crippen molar-refractivity contribution in [3.05, 3.63) is 29.3 Å². The Bertz CT molecular complexity index is 494. The second-order valence-electron chi connectivity index (χ2n) is 3.27. The molecule has 82 valence electrons. The minimum Gasteiger partial charge on any atom is -0.399 e. The maximum Gasteiger partial charge on any atom is 0.264 e. The number of carbonyl (C=O) groups excluding carboxylic acids is 1. The summed E-state index contributed by atoms with van der Waals surface area (Å²) in [7, 11) is -3.53. The van der Waals surface area contributed by atoms with Crippen LogP contribution in [0.3, 0.4) is 0 Å². The molecule has 3 N–H and O–H groups in total. The number of aryl methyl sites for hydroxylation is 1. The molecule has 0 radical (unpaired) electrons. The quantitative estimate of drug-likeness (QED) is 0.711. The van der Waals surface area contributed by atoms with E-state index in [0.717, 1.165) is 11.8 Å². The number of hydrogen-bond acceptors (Lipinski definition) is 4. The van der Waals surface area contributed by atoms with Crippen LogP contribution < -0.4 is 10.5 Å². The van der Waals surface area contributed by atoms with Crippen LogP contribution in [-0.2, 0) is 10.0 Å². The average Bonchev–Trinajstić information content (AvgIpc) is 2.06. The Balaban J connectivity index is 2.98. The molecule has 6 heteroatoms. The molecule has 0 saturated heterocycles. The van der Waals surface area contributed by atoms with Crippen LogP contribution in [-0.4, -0.2) is 20.6 Å². The van der Waals surface area contributed by atoms with Gasteiger partial charge in [0.15, 0.2) is 0 Å². The minimum atomic E-state index is -3.53. The Morgan fingerprint density at radius 3 is 2.47 bits per heavy atom. The number of anilines is 1. The molecule has 0 fully saturated rings. The van der Waals surface area contributed by atoms with Gasteiger partial charge in [-0.3, -0.25) is 4.79 Å². The van der Waals surface area contributed by atoms with E-state index in [1.165, 1.54) is 12.1 Å². The maximum absolute atomic E-state index is 11.4. The Labute approximate surface area is 88.3 Å². The fourth-order valence-corrected chi connectivity index (χ4v) is 1.50. The predicted molar refractivity (Wildman–Crippen MR) is 57.9 cm³/mol. The lowest BCUT2D eigenvalue weighted by molar-refractivity contribution is 0.0981. The standard InChI is InChI=1S/C9H12N2O3S/c1-6-5-7(3-4-8(6)10)9(12)11-15(2,13)14/h3-5H,10H2,1-2H3,(H,11,12). The molecule has 1 rings (SSSR count). The fourth-order valence-electron chi connectivity index (χ4n) is 1.04. The molecule has 15 heavy (non-hydrogen) atoms. The van der Waals surface area contributed by atoms with Crippen LogP contribution in [0.4, 0.5) is 5.69 Å². The Morgan fingerprint density at radius 1 is 1.40 bits per heavy atom. The first kappa shape index (κ1) is 11.5. The first-order valence-corrected chi connectivity index (χ1v) is 6.07. The van der Waals surface area contributed by atoms with Gasteiger partial charge in [0.1, 0.15) is 0 Å². The van der Waals surface area contributed by atoms with Gasteiger partial charge < -0.3 is 5.73 Å². The van der Waals surface area contributed by atoms with Crippen LogP contribution >= 0.6 is 0 Å². The molecule has 1 aromatic carbocycles. The molecule has 0 unspecified atom stereocenters. The molecule has 0 spiro atoms. The average molecular weight is 228 g/mol. The lowest BCUT2D eigenvalue weighted by atomic mass is 10.1. The number of nitrogen functional groups attached to an aromatic ring is 1. The molecule has 1 amide bonds. The SMILES string of the molecule is Cc1cc(C(=O)NS(C)(=O)=O)ccc1N. The second kappa shape index (κ2) is 3.90. The molecule has 1 aromatic rings. The third-order valence-corrected chi connectivity index (χ3v) is 2.37. The molecule has 0 saturated carbocycles. The van der Waals surface area contributed by atoms with Gasteiger partial charge in [-0.25, -0.2) is 13.1 Å². The van der Waals surface area contributed by atoms with E-state index < -0.39 is 15.9 Å². The largest absolute Gasteiger partial charge is 0.399 e. The van der Waals surface area contributed by atoms with E-state index in [-0.39, 0.29) is 5.56 Å². The zero-order chi connectivity index (χ0) is 11.6. The van der Waals surface area contributed by atoms with Gasteiger partial charge in [0, 0.05) is 11.3 Å². The van der Waals surface area contributed by atoms with E-state index in [1.807, 2.05) is 4.72 Å². The van der Waals surface area contributed by atoms with Crippen molar-refractivity contribution >= 4 is 21.6 Å². The highest BCUT2D eigenvalue weighted by Gasteiger charge is 2.11. The van der Waals surface area contributed by atoms with Gasteiger partial charge in [0.2, 0.25) is 10.0 Å². The molecule has 0 aromatic heterocycles. The molecular formula is C9H12N2O3S. The number of nitrogens with two attached hydrogens (primary N) is 1. The van der Waals surface area contributed by atoms with Gasteiger partial charge in [0.05, 0.1) is 6.26 Å². The highest BCUT2D eigenvalue weighted by atomic mass is 32.2. The van der Waals surface area contributed by atoms with Crippen molar-refractivity contribution in [3.8, 4) is 0 Å².